The molecule has 38 heteroatoms. The number of hydrogen-bond acceptors (Lipinski definition) is 22. The number of fused-ring (bicyclic) bond motifs is 3. The van der Waals surface area contributed by atoms with Gasteiger partial charge in [0.15, 0.2) is 5.15 Å². The van der Waals surface area contributed by atoms with Gasteiger partial charge in [-0.25, -0.2) is 49.8 Å². The number of halogens is 9. The first-order valence-electron chi connectivity index (χ1n) is 40.1. The number of H-pyrrole nitrogens is 1. The Kier molecular flexibility index (Phi) is 25.1. The van der Waals surface area contributed by atoms with E-state index < -0.39 is 53.2 Å². The van der Waals surface area contributed by atoms with Gasteiger partial charge in [0, 0.05) is 121 Å². The summed E-state index contributed by atoms with van der Waals surface area (Å²) in [5.41, 5.74) is 4.31. The first kappa shape index (κ1) is 88.7. The van der Waals surface area contributed by atoms with Crippen LogP contribution in [0, 0.1) is 34.9 Å². The molecule has 0 aliphatic carbocycles. The van der Waals surface area contributed by atoms with E-state index in [9.17, 15) is 17.6 Å². The van der Waals surface area contributed by atoms with Crippen LogP contribution in [0.3, 0.4) is 0 Å². The molecule has 0 radical (unpaired) electrons. The first-order chi connectivity index (χ1) is 55.6. The lowest BCUT2D eigenvalue weighted by Gasteiger charge is -2.46. The molecular formula is C82H102BCl3F6N24O4. The molecular weight excluding hydrogens is 1620 g/mol. The lowest BCUT2D eigenvalue weighted by Crippen LogP contribution is -2.58. The average Bonchev–Trinajstić information content (AvgIpc) is 1.63. The summed E-state index contributed by atoms with van der Waals surface area (Å²) in [6.07, 6.45) is 20.3. The highest BCUT2D eigenvalue weighted by Crippen LogP contribution is 2.43. The standard InChI is InChI=1S/C27H32F2N8O.C22H24F2N8.C20H25BF2N2O3.C13H19ClN6.2ClH/c1-26(2)12-17(13-27(3,4)34-26)37-25-23(32-35-37)11-22(31-33-25)19-10-20(28)18(9-21(19)29)16-14-30-36(15-16)24-7-5-6-8-38-24;1-21(2)8-13(9-22(3,4)30-21)32-20-19(28-31-32)7-18(27-29-20)15-6-16(23)14(5-17(15)24)12-10-25-26-11-12;1-19(2)20(3,4)28-21(27-19)15-10-16(22)14(9-17(15)23)13-11-24-25(12-13)18-7-5-6-8-26-18;1-12(2)6-8(7-13(3,4)18-12)20-11-9(15-19-20)5-10(14)16-17-11;;/h9-11,14-15,17,24,34H,5-8,12-13H2,1-4H3;5-7,10-11,13,30H,8-9H2,1-4H3,(H,25,26);9-12,18H,5-8H2,1-4H3;5,8,18H,6-7H2,1-4H3;2*1H. The summed E-state index contributed by atoms with van der Waals surface area (Å²) >= 11 is 5.84. The third-order valence-corrected chi connectivity index (χ3v) is 23.2. The second kappa shape index (κ2) is 34.0. The second-order valence-corrected chi connectivity index (χ2v) is 37.2. The number of aromatic amines is 1. The quantitative estimate of drug-likeness (QED) is 0.0690. The zero-order valence-electron chi connectivity index (χ0n) is 70.1. The molecule has 18 rings (SSSR count). The van der Waals surface area contributed by atoms with Crippen LogP contribution < -0.4 is 21.4 Å². The Hall–Kier alpha value is -9.04. The normalized spacial score (nSPS) is 21.0. The molecule has 640 valence electrons. The van der Waals surface area contributed by atoms with Crippen molar-refractivity contribution in [2.24, 2.45) is 0 Å². The maximum atomic E-state index is 15.3. The summed E-state index contributed by atoms with van der Waals surface area (Å²) in [6, 6.07) is 12.2. The van der Waals surface area contributed by atoms with Crippen molar-refractivity contribution in [2.75, 3.05) is 13.2 Å². The maximum Gasteiger partial charge on any atom is 0.497 e. The molecule has 3 aromatic carbocycles. The minimum Gasteiger partial charge on any atom is -0.399 e. The maximum absolute atomic E-state index is 15.3. The Morgan fingerprint density at radius 3 is 1.12 bits per heavy atom. The summed E-state index contributed by atoms with van der Waals surface area (Å²) in [4.78, 5) is 0. The van der Waals surface area contributed by atoms with Gasteiger partial charge in [-0.1, -0.05) is 27.2 Å². The Labute approximate surface area is 708 Å². The summed E-state index contributed by atoms with van der Waals surface area (Å²) in [5.74, 6) is -3.48. The second-order valence-electron chi connectivity index (χ2n) is 36.8. The number of rotatable bonds is 11. The molecule has 120 heavy (non-hydrogen) atoms. The van der Waals surface area contributed by atoms with Crippen LogP contribution in [0.15, 0.2) is 91.8 Å². The van der Waals surface area contributed by atoms with Crippen LogP contribution in [-0.2, 0) is 18.8 Å². The Bertz CT molecular complexity index is 5600. The molecule has 9 aromatic heterocycles. The number of aromatic nitrogens is 21. The summed E-state index contributed by atoms with van der Waals surface area (Å²) in [6.45, 7) is 35.0. The van der Waals surface area contributed by atoms with Gasteiger partial charge in [0.1, 0.15) is 63.9 Å². The molecule has 0 bridgehead atoms. The fourth-order valence-electron chi connectivity index (χ4n) is 17.9. The fraction of sp³-hybridized carbons (Fsp3) is 0.524. The van der Waals surface area contributed by atoms with Gasteiger partial charge in [0.05, 0.1) is 59.3 Å². The topological polar surface area (TPSA) is 307 Å². The average molecular weight is 1720 g/mol. The number of nitrogens with zero attached hydrogens (tertiary/aromatic N) is 20. The van der Waals surface area contributed by atoms with E-state index in [1.807, 2.05) is 37.1 Å². The number of ether oxygens (including phenoxy) is 2. The highest BCUT2D eigenvalue weighted by molar-refractivity contribution is 6.62. The summed E-state index contributed by atoms with van der Waals surface area (Å²) < 4.78 is 122. The van der Waals surface area contributed by atoms with Crippen LogP contribution in [0.1, 0.15) is 218 Å². The van der Waals surface area contributed by atoms with E-state index in [4.69, 9.17) is 30.4 Å². The monoisotopic (exact) mass is 1720 g/mol. The molecule has 28 nitrogen and oxygen atoms in total. The van der Waals surface area contributed by atoms with Gasteiger partial charge in [0.2, 0.25) is 16.9 Å². The minimum atomic E-state index is -0.952. The molecule has 0 saturated carbocycles. The summed E-state index contributed by atoms with van der Waals surface area (Å²) in [7, 11) is -0.952. The molecule has 6 aliphatic rings. The fourth-order valence-corrected chi connectivity index (χ4v) is 18.1. The Morgan fingerprint density at radius 2 is 0.750 bits per heavy atom. The van der Waals surface area contributed by atoms with Gasteiger partial charge in [0.25, 0.3) is 0 Å². The van der Waals surface area contributed by atoms with Crippen molar-refractivity contribution in [2.45, 2.75) is 263 Å². The molecule has 15 heterocycles. The predicted molar refractivity (Wildman–Crippen MR) is 448 cm³/mol. The molecule has 0 amide bonds. The SMILES string of the molecule is CC1(C)CC(n2nnc3cc(-c4cc(F)c(-c5cn[nH]c5)cc4F)nnc32)CC(C)(C)N1.CC1(C)CC(n2nnc3cc(-c4cc(F)c(-c5cnn(C6CCCCO6)c5)cc4F)nnc32)CC(C)(C)N1.CC1(C)CC(n2nnc3cc(Cl)nnc32)CC(C)(C)N1.CC1(C)OB(c2cc(F)c(-c3cnn(C4CCCCO4)c3)cc2F)OC1(C)C.Cl.Cl. The summed E-state index contributed by atoms with van der Waals surface area (Å²) in [5, 5.41) is 77.1. The zero-order valence-corrected chi connectivity index (χ0v) is 72.5. The van der Waals surface area contributed by atoms with Crippen molar-refractivity contribution in [1.29, 1.82) is 0 Å². The van der Waals surface area contributed by atoms with E-state index in [0.29, 0.717) is 68.5 Å². The van der Waals surface area contributed by atoms with Crippen LogP contribution in [0.5, 0.6) is 0 Å². The van der Waals surface area contributed by atoms with Crippen molar-refractivity contribution in [1.82, 2.24) is 121 Å². The zero-order chi connectivity index (χ0) is 84.0. The predicted octanol–water partition coefficient (Wildman–Crippen LogP) is 16.3. The lowest BCUT2D eigenvalue weighted by atomic mass is 9.78. The lowest BCUT2D eigenvalue weighted by molar-refractivity contribution is -0.0395. The van der Waals surface area contributed by atoms with E-state index in [2.05, 4.69) is 181 Å². The molecule has 6 aliphatic heterocycles. The van der Waals surface area contributed by atoms with Crippen molar-refractivity contribution < 1.29 is 45.1 Å². The third kappa shape index (κ3) is 19.2. The van der Waals surface area contributed by atoms with Gasteiger partial charge >= 0.3 is 7.12 Å². The van der Waals surface area contributed by atoms with Crippen LogP contribution in [0.4, 0.5) is 26.3 Å². The van der Waals surface area contributed by atoms with Gasteiger partial charge in [-0.05, 0) is 236 Å². The number of hydrogen-bond donors (Lipinski definition) is 4. The molecule has 4 N–H and O–H groups in total. The van der Waals surface area contributed by atoms with Crippen LogP contribution >= 0.6 is 36.4 Å². The molecule has 2 atom stereocenters. The van der Waals surface area contributed by atoms with Crippen molar-refractivity contribution in [3.05, 3.63) is 132 Å². The van der Waals surface area contributed by atoms with E-state index in [1.165, 1.54) is 36.9 Å². The Morgan fingerprint density at radius 1 is 0.400 bits per heavy atom. The van der Waals surface area contributed by atoms with Gasteiger partial charge in [-0.15, -0.1) is 70.7 Å². The minimum absolute atomic E-state index is 0. The molecule has 12 aromatic rings. The third-order valence-electron chi connectivity index (χ3n) is 23.0. The van der Waals surface area contributed by atoms with Gasteiger partial charge < -0.3 is 34.7 Å². The van der Waals surface area contributed by atoms with Crippen LogP contribution in [0.2, 0.25) is 5.15 Å². The van der Waals surface area contributed by atoms with Gasteiger partial charge in [-0.3, -0.25) is 5.10 Å². The molecule has 2 unspecified atom stereocenters. The molecule has 6 saturated heterocycles. The number of nitrogens with one attached hydrogen (secondary N) is 4. The first-order valence-corrected chi connectivity index (χ1v) is 40.5. The van der Waals surface area contributed by atoms with E-state index in [0.717, 1.165) is 101 Å². The van der Waals surface area contributed by atoms with Gasteiger partial charge in [-0.2, -0.15) is 15.3 Å². The van der Waals surface area contributed by atoms with Crippen molar-refractivity contribution in [3.63, 3.8) is 0 Å². The van der Waals surface area contributed by atoms with Crippen molar-refractivity contribution in [3.8, 4) is 55.9 Å². The molecule has 0 spiro atoms. The largest absolute Gasteiger partial charge is 0.497 e. The van der Waals surface area contributed by atoms with Crippen molar-refractivity contribution >= 4 is 82.5 Å². The highest BCUT2D eigenvalue weighted by Gasteiger charge is 2.53. The smallest absolute Gasteiger partial charge is 0.399 e. The van der Waals surface area contributed by atoms with E-state index in [-0.39, 0.29) is 133 Å². The molecule has 6 fully saturated rings. The van der Waals surface area contributed by atoms with Crippen LogP contribution in [0.25, 0.3) is 89.4 Å². The van der Waals surface area contributed by atoms with E-state index >= 15 is 8.78 Å². The number of piperidine rings is 3. The van der Waals surface area contributed by atoms with Crippen LogP contribution in [-0.4, -0.2) is 170 Å². The number of benzene rings is 3. The highest BCUT2D eigenvalue weighted by atomic mass is 35.5. The van der Waals surface area contributed by atoms with E-state index in [1.54, 1.807) is 44.6 Å². The Balaban J connectivity index is 0.000000141.